The first kappa shape index (κ1) is 9.30. The standard InChI is InChI=1S/C9H10F2N2O/c10-9(11)14-8-3-4-12-7(13-8)5-6-1-2-6/h3-4,6,9H,1-2,5H2. The van der Waals surface area contributed by atoms with Gasteiger partial charge in [-0.3, -0.25) is 0 Å². The van der Waals surface area contributed by atoms with Crippen molar-refractivity contribution >= 4 is 0 Å². The Kier molecular flexibility index (Phi) is 2.56. The second-order valence-electron chi connectivity index (χ2n) is 3.34. The van der Waals surface area contributed by atoms with E-state index in [0.717, 1.165) is 6.42 Å². The van der Waals surface area contributed by atoms with Crippen molar-refractivity contribution < 1.29 is 13.5 Å². The zero-order chi connectivity index (χ0) is 9.97. The molecule has 0 N–H and O–H groups in total. The van der Waals surface area contributed by atoms with Crippen molar-refractivity contribution in [2.24, 2.45) is 5.92 Å². The van der Waals surface area contributed by atoms with E-state index in [2.05, 4.69) is 14.7 Å². The Hall–Kier alpha value is -1.26. The quantitative estimate of drug-likeness (QED) is 0.745. The van der Waals surface area contributed by atoms with Gasteiger partial charge in [-0.15, -0.1) is 0 Å². The van der Waals surface area contributed by atoms with Gasteiger partial charge in [-0.1, -0.05) is 0 Å². The molecule has 0 spiro atoms. The van der Waals surface area contributed by atoms with Crippen molar-refractivity contribution in [3.05, 3.63) is 18.1 Å². The van der Waals surface area contributed by atoms with Gasteiger partial charge in [-0.2, -0.15) is 13.8 Å². The van der Waals surface area contributed by atoms with Crippen LogP contribution < -0.4 is 4.74 Å². The largest absolute Gasteiger partial charge is 0.417 e. The molecule has 2 rings (SSSR count). The highest BCUT2D eigenvalue weighted by Crippen LogP contribution is 2.31. The normalized spacial score (nSPS) is 15.9. The maximum Gasteiger partial charge on any atom is 0.388 e. The molecule has 1 saturated carbocycles. The molecular formula is C9H10F2N2O. The van der Waals surface area contributed by atoms with Gasteiger partial charge in [0.1, 0.15) is 5.82 Å². The number of alkyl halides is 2. The van der Waals surface area contributed by atoms with E-state index in [4.69, 9.17) is 0 Å². The lowest BCUT2D eigenvalue weighted by Gasteiger charge is -2.03. The highest BCUT2D eigenvalue weighted by molar-refractivity contribution is 5.09. The molecule has 0 amide bonds. The van der Waals surface area contributed by atoms with E-state index in [9.17, 15) is 8.78 Å². The van der Waals surface area contributed by atoms with Crippen LogP contribution >= 0.6 is 0 Å². The van der Waals surface area contributed by atoms with Gasteiger partial charge in [0.2, 0.25) is 5.88 Å². The molecule has 0 atom stereocenters. The lowest BCUT2D eigenvalue weighted by molar-refractivity contribution is -0.0530. The Morgan fingerprint density at radius 2 is 2.29 bits per heavy atom. The summed E-state index contributed by atoms with van der Waals surface area (Å²) in [5.74, 6) is 1.17. The van der Waals surface area contributed by atoms with E-state index in [-0.39, 0.29) is 5.88 Å². The molecule has 1 aromatic heterocycles. The molecule has 1 fully saturated rings. The highest BCUT2D eigenvalue weighted by Gasteiger charge is 2.23. The van der Waals surface area contributed by atoms with Crippen molar-refractivity contribution in [3.63, 3.8) is 0 Å². The van der Waals surface area contributed by atoms with Crippen LogP contribution in [0.25, 0.3) is 0 Å². The summed E-state index contributed by atoms with van der Waals surface area (Å²) in [6, 6.07) is 1.34. The van der Waals surface area contributed by atoms with Crippen molar-refractivity contribution in [2.75, 3.05) is 0 Å². The molecule has 0 aliphatic heterocycles. The summed E-state index contributed by atoms with van der Waals surface area (Å²) in [5, 5.41) is 0. The molecule has 3 nitrogen and oxygen atoms in total. The van der Waals surface area contributed by atoms with Gasteiger partial charge < -0.3 is 4.74 Å². The minimum Gasteiger partial charge on any atom is -0.417 e. The summed E-state index contributed by atoms with van der Waals surface area (Å²) < 4.78 is 27.9. The zero-order valence-corrected chi connectivity index (χ0v) is 7.49. The molecule has 0 bridgehead atoms. The van der Waals surface area contributed by atoms with Gasteiger partial charge in [0, 0.05) is 18.7 Å². The second kappa shape index (κ2) is 3.86. The number of rotatable bonds is 4. The van der Waals surface area contributed by atoms with Crippen LogP contribution in [-0.2, 0) is 6.42 Å². The molecule has 0 saturated heterocycles. The highest BCUT2D eigenvalue weighted by atomic mass is 19.3. The van der Waals surface area contributed by atoms with Gasteiger partial charge in [0.25, 0.3) is 0 Å². The summed E-state index contributed by atoms with van der Waals surface area (Å²) >= 11 is 0. The van der Waals surface area contributed by atoms with Gasteiger partial charge in [-0.05, 0) is 18.8 Å². The smallest absolute Gasteiger partial charge is 0.388 e. The number of halogens is 2. The lowest BCUT2D eigenvalue weighted by Crippen LogP contribution is -2.05. The fraction of sp³-hybridized carbons (Fsp3) is 0.556. The topological polar surface area (TPSA) is 35.0 Å². The van der Waals surface area contributed by atoms with E-state index < -0.39 is 6.61 Å². The van der Waals surface area contributed by atoms with Crippen molar-refractivity contribution in [1.82, 2.24) is 9.97 Å². The van der Waals surface area contributed by atoms with E-state index in [1.807, 2.05) is 0 Å². The number of aromatic nitrogens is 2. The number of hydrogen-bond acceptors (Lipinski definition) is 3. The summed E-state index contributed by atoms with van der Waals surface area (Å²) in [4.78, 5) is 7.87. The monoisotopic (exact) mass is 200 g/mol. The van der Waals surface area contributed by atoms with Crippen LogP contribution in [0.5, 0.6) is 5.88 Å². The maximum absolute atomic E-state index is 11.8. The van der Waals surface area contributed by atoms with Crippen LogP contribution in [0.3, 0.4) is 0 Å². The molecule has 76 valence electrons. The van der Waals surface area contributed by atoms with Crippen LogP contribution in [0.15, 0.2) is 12.3 Å². The average Bonchev–Trinajstić information content (AvgIpc) is 2.87. The Labute approximate surface area is 80.1 Å². The molecule has 0 radical (unpaired) electrons. The van der Waals surface area contributed by atoms with Gasteiger partial charge in [0.15, 0.2) is 0 Å². The van der Waals surface area contributed by atoms with Crippen LogP contribution in [0.1, 0.15) is 18.7 Å². The summed E-state index contributed by atoms with van der Waals surface area (Å²) in [6.45, 7) is -2.82. The van der Waals surface area contributed by atoms with Crippen LogP contribution in [0, 0.1) is 5.92 Å². The van der Waals surface area contributed by atoms with Crippen molar-refractivity contribution in [1.29, 1.82) is 0 Å². The van der Waals surface area contributed by atoms with Crippen molar-refractivity contribution in [3.8, 4) is 5.88 Å². The molecule has 5 heteroatoms. The van der Waals surface area contributed by atoms with E-state index in [1.165, 1.54) is 25.1 Å². The SMILES string of the molecule is FC(F)Oc1ccnc(CC2CC2)n1. The predicted molar refractivity (Wildman–Crippen MR) is 45.1 cm³/mol. The predicted octanol–water partition coefficient (Wildman–Crippen LogP) is 2.03. The molecule has 1 aliphatic rings. The van der Waals surface area contributed by atoms with Crippen LogP contribution in [-0.4, -0.2) is 16.6 Å². The maximum atomic E-state index is 11.8. The Balaban J connectivity index is 2.01. The van der Waals surface area contributed by atoms with E-state index in [1.54, 1.807) is 0 Å². The first-order chi connectivity index (χ1) is 6.74. The first-order valence-corrected chi connectivity index (χ1v) is 4.51. The summed E-state index contributed by atoms with van der Waals surface area (Å²) in [6.07, 6.45) is 4.58. The van der Waals surface area contributed by atoms with Crippen molar-refractivity contribution in [2.45, 2.75) is 25.9 Å². The summed E-state index contributed by atoms with van der Waals surface area (Å²) in [5.41, 5.74) is 0. The zero-order valence-electron chi connectivity index (χ0n) is 7.49. The molecule has 1 aliphatic carbocycles. The van der Waals surface area contributed by atoms with Crippen LogP contribution in [0.4, 0.5) is 8.78 Å². The molecule has 0 unspecified atom stereocenters. The van der Waals surface area contributed by atoms with Gasteiger partial charge >= 0.3 is 6.61 Å². The summed E-state index contributed by atoms with van der Waals surface area (Å²) in [7, 11) is 0. The third-order valence-corrected chi connectivity index (χ3v) is 2.06. The molecule has 1 heterocycles. The fourth-order valence-electron chi connectivity index (χ4n) is 1.22. The Bertz CT molecular complexity index is 296. The first-order valence-electron chi connectivity index (χ1n) is 4.51. The molecule has 1 aromatic rings. The number of nitrogens with zero attached hydrogens (tertiary/aromatic N) is 2. The second-order valence-corrected chi connectivity index (χ2v) is 3.34. The van der Waals surface area contributed by atoms with Gasteiger partial charge in [0.05, 0.1) is 0 Å². The molecular weight excluding hydrogens is 190 g/mol. The number of hydrogen-bond donors (Lipinski definition) is 0. The molecule has 0 aromatic carbocycles. The Morgan fingerprint density at radius 3 is 2.93 bits per heavy atom. The average molecular weight is 200 g/mol. The molecule has 14 heavy (non-hydrogen) atoms. The Morgan fingerprint density at radius 1 is 1.50 bits per heavy atom. The fourth-order valence-corrected chi connectivity index (χ4v) is 1.22. The van der Waals surface area contributed by atoms with Crippen LogP contribution in [0.2, 0.25) is 0 Å². The lowest BCUT2D eigenvalue weighted by atomic mass is 10.3. The van der Waals surface area contributed by atoms with E-state index in [0.29, 0.717) is 11.7 Å². The third kappa shape index (κ3) is 2.61. The van der Waals surface area contributed by atoms with E-state index >= 15 is 0 Å². The minimum atomic E-state index is -2.82. The number of ether oxygens (including phenoxy) is 1. The minimum absolute atomic E-state index is 0.0503. The van der Waals surface area contributed by atoms with Gasteiger partial charge in [-0.25, -0.2) is 4.98 Å². The third-order valence-electron chi connectivity index (χ3n) is 2.06.